The van der Waals surface area contributed by atoms with E-state index in [2.05, 4.69) is 0 Å². The van der Waals surface area contributed by atoms with Crippen LogP contribution in [0, 0.1) is 0 Å². The van der Waals surface area contributed by atoms with Gasteiger partial charge in [-0.1, -0.05) is 0 Å². The average Bonchev–Trinajstić information content (AvgIpc) is 2.51. The summed E-state index contributed by atoms with van der Waals surface area (Å²) in [6.45, 7) is 1.76. The number of alkyl halides is 3. The Balaban J connectivity index is 2.70. The van der Waals surface area contributed by atoms with Crippen molar-refractivity contribution in [2.45, 2.75) is 25.1 Å². The molecule has 20 heavy (non-hydrogen) atoms. The molecule has 1 saturated heterocycles. The molecule has 1 rings (SSSR count). The maximum Gasteiger partial charge on any atom is 0.415 e. The van der Waals surface area contributed by atoms with Crippen molar-refractivity contribution in [2.75, 3.05) is 32.7 Å². The molecule has 0 aromatic rings. The molecule has 0 aromatic heterocycles. The number of hydrogen-bond donors (Lipinski definition) is 2. The first kappa shape index (κ1) is 16.7. The van der Waals surface area contributed by atoms with Gasteiger partial charge < -0.3 is 16.4 Å². The van der Waals surface area contributed by atoms with Crippen molar-refractivity contribution in [3.05, 3.63) is 0 Å². The van der Waals surface area contributed by atoms with Crippen LogP contribution in [0.5, 0.6) is 0 Å². The van der Waals surface area contributed by atoms with E-state index in [-0.39, 0.29) is 19.6 Å². The fraction of sp³-hybridized carbons (Fsp3) is 0.818. The Hall–Kier alpha value is -1.35. The Labute approximate surface area is 114 Å². The van der Waals surface area contributed by atoms with Gasteiger partial charge in [0.15, 0.2) is 5.54 Å². The smallest absolute Gasteiger partial charge is 0.369 e. The Bertz CT molecular complexity index is 384. The van der Waals surface area contributed by atoms with Crippen LogP contribution in [0.15, 0.2) is 0 Å². The zero-order chi connectivity index (χ0) is 15.6. The van der Waals surface area contributed by atoms with Gasteiger partial charge in [-0.2, -0.15) is 13.2 Å². The Morgan fingerprint density at radius 1 is 1.15 bits per heavy atom. The van der Waals surface area contributed by atoms with E-state index in [9.17, 15) is 22.8 Å². The fourth-order valence-corrected chi connectivity index (χ4v) is 2.00. The molecule has 9 heteroatoms. The third kappa shape index (κ3) is 3.83. The highest BCUT2D eigenvalue weighted by atomic mass is 19.4. The van der Waals surface area contributed by atoms with Crippen LogP contribution in [0.2, 0.25) is 0 Å². The number of nitrogens with two attached hydrogens (primary N) is 2. The molecule has 0 spiro atoms. The zero-order valence-corrected chi connectivity index (χ0v) is 11.2. The molecule has 116 valence electrons. The van der Waals surface area contributed by atoms with Crippen molar-refractivity contribution in [2.24, 2.45) is 11.5 Å². The molecule has 1 atom stereocenters. The van der Waals surface area contributed by atoms with Gasteiger partial charge in [0.25, 0.3) is 5.91 Å². The number of primary amides is 1. The van der Waals surface area contributed by atoms with Crippen LogP contribution >= 0.6 is 0 Å². The van der Waals surface area contributed by atoms with Crippen molar-refractivity contribution in [3.63, 3.8) is 0 Å². The number of hydrogen-bond acceptors (Lipinski definition) is 4. The molecular weight excluding hydrogens is 277 g/mol. The van der Waals surface area contributed by atoms with E-state index in [1.807, 2.05) is 0 Å². The van der Waals surface area contributed by atoms with E-state index in [1.54, 1.807) is 4.90 Å². The highest BCUT2D eigenvalue weighted by molar-refractivity contribution is 5.86. The third-order valence-corrected chi connectivity index (χ3v) is 3.29. The van der Waals surface area contributed by atoms with E-state index in [4.69, 9.17) is 11.5 Å². The lowest BCUT2D eigenvalue weighted by atomic mass is 10.0. The van der Waals surface area contributed by atoms with Crippen LogP contribution in [-0.2, 0) is 9.59 Å². The lowest BCUT2D eigenvalue weighted by molar-refractivity contribution is -0.193. The van der Waals surface area contributed by atoms with Crippen molar-refractivity contribution in [3.8, 4) is 0 Å². The highest BCUT2D eigenvalue weighted by Crippen LogP contribution is 2.29. The number of amides is 2. The monoisotopic (exact) mass is 296 g/mol. The summed E-state index contributed by atoms with van der Waals surface area (Å²) in [6.07, 6.45) is -4.34. The van der Waals surface area contributed by atoms with E-state index in [1.165, 1.54) is 0 Å². The van der Waals surface area contributed by atoms with Crippen molar-refractivity contribution < 1.29 is 22.8 Å². The van der Waals surface area contributed by atoms with Crippen molar-refractivity contribution >= 4 is 11.8 Å². The predicted octanol–water partition coefficient (Wildman–Crippen LogP) is -0.714. The number of halogens is 3. The maximum atomic E-state index is 12.7. The molecule has 0 bridgehead atoms. The normalized spacial score (nSPS) is 21.1. The average molecular weight is 296 g/mol. The zero-order valence-electron chi connectivity index (χ0n) is 11.2. The van der Waals surface area contributed by atoms with Gasteiger partial charge in [-0.3, -0.25) is 14.5 Å². The summed E-state index contributed by atoms with van der Waals surface area (Å²) < 4.78 is 38.2. The van der Waals surface area contributed by atoms with E-state index >= 15 is 0 Å². The molecule has 0 aliphatic carbocycles. The number of carbonyl (C=O) groups is 2. The second-order valence-electron chi connectivity index (χ2n) is 5.09. The van der Waals surface area contributed by atoms with Crippen LogP contribution < -0.4 is 11.5 Å². The molecular formula is C11H19F3N4O2. The van der Waals surface area contributed by atoms with Crippen molar-refractivity contribution in [1.29, 1.82) is 0 Å². The summed E-state index contributed by atoms with van der Waals surface area (Å²) in [6, 6.07) is 0. The predicted molar refractivity (Wildman–Crippen MR) is 65.5 cm³/mol. The van der Waals surface area contributed by atoms with Crippen LogP contribution in [0.1, 0.15) is 13.3 Å². The molecule has 1 heterocycles. The molecule has 0 saturated carbocycles. The molecule has 0 radical (unpaired) electrons. The van der Waals surface area contributed by atoms with Gasteiger partial charge in [0.05, 0.1) is 6.54 Å². The van der Waals surface area contributed by atoms with E-state index in [0.717, 1.165) is 4.90 Å². The first-order chi connectivity index (χ1) is 9.05. The Morgan fingerprint density at radius 2 is 1.75 bits per heavy atom. The summed E-state index contributed by atoms with van der Waals surface area (Å²) in [5, 5.41) is 0. The highest BCUT2D eigenvalue weighted by Gasteiger charge is 2.55. The minimum Gasteiger partial charge on any atom is -0.369 e. The summed E-state index contributed by atoms with van der Waals surface area (Å²) in [5.41, 5.74) is 7.30. The van der Waals surface area contributed by atoms with Gasteiger partial charge in [0.1, 0.15) is 0 Å². The summed E-state index contributed by atoms with van der Waals surface area (Å²) in [4.78, 5) is 25.5. The molecule has 0 aromatic carbocycles. The maximum absolute atomic E-state index is 12.7. The molecule has 4 N–H and O–H groups in total. The van der Waals surface area contributed by atoms with Crippen molar-refractivity contribution in [1.82, 2.24) is 9.80 Å². The van der Waals surface area contributed by atoms with Gasteiger partial charge in [-0.25, -0.2) is 0 Å². The number of rotatable bonds is 3. The van der Waals surface area contributed by atoms with Crippen LogP contribution in [0.3, 0.4) is 0 Å². The summed E-state index contributed by atoms with van der Waals surface area (Å²) >= 11 is 0. The molecule has 2 amide bonds. The quantitative estimate of drug-likeness (QED) is 0.719. The first-order valence-electron chi connectivity index (χ1n) is 6.21. The standard InChI is InChI=1S/C11H19F3N4O2/c1-10(16,11(12,13)14)9(20)18-4-2-3-17(5-6-18)7-8(15)19/h2-7,16H2,1H3,(H2,15,19). The summed E-state index contributed by atoms with van der Waals surface area (Å²) in [5.74, 6) is -1.66. The molecule has 1 aliphatic rings. The lowest BCUT2D eigenvalue weighted by Crippen LogP contribution is -2.62. The molecule has 1 unspecified atom stereocenters. The minimum absolute atomic E-state index is 0.0290. The van der Waals surface area contributed by atoms with Gasteiger partial charge in [0, 0.05) is 26.2 Å². The molecule has 1 fully saturated rings. The van der Waals surface area contributed by atoms with Crippen LogP contribution in [0.4, 0.5) is 13.2 Å². The molecule has 1 aliphatic heterocycles. The number of carbonyl (C=O) groups excluding carboxylic acids is 2. The lowest BCUT2D eigenvalue weighted by Gasteiger charge is -2.32. The summed E-state index contributed by atoms with van der Waals surface area (Å²) in [7, 11) is 0. The third-order valence-electron chi connectivity index (χ3n) is 3.29. The minimum atomic E-state index is -4.80. The largest absolute Gasteiger partial charge is 0.415 e. The SMILES string of the molecule is CC(N)(C(=O)N1CCCN(CC(N)=O)CC1)C(F)(F)F. The van der Waals surface area contributed by atoms with Gasteiger partial charge in [-0.15, -0.1) is 0 Å². The second kappa shape index (κ2) is 5.96. The molecule has 6 nitrogen and oxygen atoms in total. The second-order valence-corrected chi connectivity index (χ2v) is 5.09. The van der Waals surface area contributed by atoms with Gasteiger partial charge in [0.2, 0.25) is 5.91 Å². The van der Waals surface area contributed by atoms with Crippen LogP contribution in [0.25, 0.3) is 0 Å². The van der Waals surface area contributed by atoms with Gasteiger partial charge in [-0.05, 0) is 13.3 Å². The fourth-order valence-electron chi connectivity index (χ4n) is 2.00. The first-order valence-corrected chi connectivity index (χ1v) is 6.21. The van der Waals surface area contributed by atoms with E-state index < -0.39 is 23.5 Å². The van der Waals surface area contributed by atoms with Gasteiger partial charge >= 0.3 is 6.18 Å². The number of nitrogens with zero attached hydrogens (tertiary/aromatic N) is 2. The Morgan fingerprint density at radius 3 is 2.25 bits per heavy atom. The Kier molecular flexibility index (Phi) is 4.98. The topological polar surface area (TPSA) is 92.7 Å². The van der Waals surface area contributed by atoms with E-state index in [0.29, 0.717) is 26.4 Å². The van der Waals surface area contributed by atoms with Crippen LogP contribution in [-0.4, -0.2) is 66.1 Å².